The van der Waals surface area contributed by atoms with Crippen LogP contribution < -0.4 is 0 Å². The van der Waals surface area contributed by atoms with Gasteiger partial charge < -0.3 is 4.18 Å². The van der Waals surface area contributed by atoms with Crippen LogP contribution in [0.25, 0.3) is 0 Å². The lowest BCUT2D eigenvalue weighted by molar-refractivity contribution is -0.118. The molecule has 0 bridgehead atoms. The van der Waals surface area contributed by atoms with Gasteiger partial charge in [-0.2, -0.15) is 0 Å². The van der Waals surface area contributed by atoms with Gasteiger partial charge in [0.1, 0.15) is 5.78 Å². The fourth-order valence-electron chi connectivity index (χ4n) is 1.43. The first-order chi connectivity index (χ1) is 6.47. The summed E-state index contributed by atoms with van der Waals surface area (Å²) in [7, 11) is 0. The molecule has 1 rings (SSSR count). The van der Waals surface area contributed by atoms with Crippen LogP contribution in [0.3, 0.4) is 0 Å². The van der Waals surface area contributed by atoms with E-state index < -0.39 is 0 Å². The molecule has 1 unspecified atom stereocenters. The number of carbonyl (C=O) groups excluding carboxylic acids is 1. The molecule has 0 aromatic carbocycles. The maximum absolute atomic E-state index is 11.2. The zero-order valence-corrected chi connectivity index (χ0v) is 10.2. The Labute approximate surface area is 91.0 Å². The predicted molar refractivity (Wildman–Crippen MR) is 60.3 cm³/mol. The molecule has 14 heavy (non-hydrogen) atoms. The smallest absolute Gasteiger partial charge is 0.132 e. The second-order valence-corrected chi connectivity index (χ2v) is 5.91. The molecule has 0 saturated heterocycles. The molecule has 1 atom stereocenters. The lowest BCUT2D eigenvalue weighted by Gasteiger charge is -2.21. The van der Waals surface area contributed by atoms with Crippen LogP contribution in [-0.4, -0.2) is 16.6 Å². The summed E-state index contributed by atoms with van der Waals surface area (Å²) < 4.78 is 5.66. The molecule has 1 fully saturated rings. The van der Waals surface area contributed by atoms with Crippen molar-refractivity contribution in [1.29, 1.82) is 0 Å². The molecular formula is C11H20O2S. The summed E-state index contributed by atoms with van der Waals surface area (Å²) in [6.45, 7) is 6.17. The monoisotopic (exact) mass is 216 g/mol. The minimum Gasteiger partial charge on any atom is -0.309 e. The van der Waals surface area contributed by atoms with Gasteiger partial charge in [0.2, 0.25) is 0 Å². The number of Topliss-reactive ketones (excluding diaryl/α,β-unsaturated/α-hetero) is 1. The van der Waals surface area contributed by atoms with Gasteiger partial charge in [0.05, 0.1) is 5.60 Å². The number of carbonyl (C=O) groups is 1. The van der Waals surface area contributed by atoms with Crippen molar-refractivity contribution in [1.82, 2.24) is 0 Å². The molecule has 1 aliphatic carbocycles. The Kier molecular flexibility index (Phi) is 4.45. The van der Waals surface area contributed by atoms with Gasteiger partial charge in [-0.25, -0.2) is 0 Å². The molecule has 0 spiro atoms. The minimum absolute atomic E-state index is 0.0824. The van der Waals surface area contributed by atoms with Gasteiger partial charge >= 0.3 is 0 Å². The highest BCUT2D eigenvalue weighted by Crippen LogP contribution is 2.30. The third kappa shape index (κ3) is 5.01. The van der Waals surface area contributed by atoms with E-state index in [0.29, 0.717) is 11.0 Å². The Balaban J connectivity index is 2.27. The number of hydrogen-bond donors (Lipinski definition) is 0. The summed E-state index contributed by atoms with van der Waals surface area (Å²) in [6.07, 6.45) is 4.65. The van der Waals surface area contributed by atoms with Crippen molar-refractivity contribution in [2.75, 3.05) is 0 Å². The molecular weight excluding hydrogens is 196 g/mol. The maximum Gasteiger partial charge on any atom is 0.132 e. The summed E-state index contributed by atoms with van der Waals surface area (Å²) in [6, 6.07) is 0. The lowest BCUT2D eigenvalue weighted by atomic mass is 10.2. The summed E-state index contributed by atoms with van der Waals surface area (Å²) >= 11 is 1.57. The van der Waals surface area contributed by atoms with Crippen LogP contribution in [-0.2, 0) is 8.98 Å². The molecule has 0 heterocycles. The second kappa shape index (κ2) is 5.17. The van der Waals surface area contributed by atoms with Crippen molar-refractivity contribution in [3.8, 4) is 0 Å². The van der Waals surface area contributed by atoms with Gasteiger partial charge in [0.15, 0.2) is 0 Å². The molecule has 0 aliphatic heterocycles. The quantitative estimate of drug-likeness (QED) is 0.523. The molecule has 0 aromatic rings. The molecule has 0 radical (unpaired) electrons. The average Bonchev–Trinajstić information content (AvgIpc) is 2.25. The van der Waals surface area contributed by atoms with E-state index in [9.17, 15) is 4.79 Å². The van der Waals surface area contributed by atoms with Crippen LogP contribution in [0.1, 0.15) is 52.9 Å². The third-order valence-electron chi connectivity index (χ3n) is 2.16. The fraction of sp³-hybridized carbons (Fsp3) is 0.909. The molecule has 1 aliphatic rings. The molecule has 3 heteroatoms. The molecule has 0 N–H and O–H groups in total. The molecule has 82 valence electrons. The normalized spacial score (nSPS) is 24.8. The van der Waals surface area contributed by atoms with Gasteiger partial charge in [0.25, 0.3) is 0 Å². The molecule has 0 amide bonds. The van der Waals surface area contributed by atoms with Crippen LogP contribution in [0.15, 0.2) is 0 Å². The Morgan fingerprint density at radius 3 is 2.64 bits per heavy atom. The largest absolute Gasteiger partial charge is 0.309 e. The van der Waals surface area contributed by atoms with Crippen molar-refractivity contribution < 1.29 is 8.98 Å². The highest BCUT2D eigenvalue weighted by Gasteiger charge is 2.20. The molecule has 1 saturated carbocycles. The van der Waals surface area contributed by atoms with E-state index in [1.165, 1.54) is 0 Å². The predicted octanol–water partition coefficient (Wildman–Crippen LogP) is 3.35. The SMILES string of the molecule is CC(C)(C)OSC1CCCC(=O)CC1. The Bertz CT molecular complexity index is 196. The third-order valence-corrected chi connectivity index (χ3v) is 3.50. The Hall–Kier alpha value is -0.0200. The highest BCUT2D eigenvalue weighted by atomic mass is 32.2. The first-order valence-electron chi connectivity index (χ1n) is 5.33. The zero-order chi connectivity index (χ0) is 10.6. The summed E-state index contributed by atoms with van der Waals surface area (Å²) in [5, 5.41) is 0.515. The van der Waals surface area contributed by atoms with Gasteiger partial charge in [-0.15, -0.1) is 0 Å². The van der Waals surface area contributed by atoms with Crippen LogP contribution in [0.2, 0.25) is 0 Å². The van der Waals surface area contributed by atoms with E-state index >= 15 is 0 Å². The molecule has 2 nitrogen and oxygen atoms in total. The number of ketones is 1. The average molecular weight is 216 g/mol. The highest BCUT2D eigenvalue weighted by molar-refractivity contribution is 7.95. The van der Waals surface area contributed by atoms with E-state index in [2.05, 4.69) is 20.8 Å². The van der Waals surface area contributed by atoms with Crippen molar-refractivity contribution in [2.24, 2.45) is 0 Å². The van der Waals surface area contributed by atoms with Gasteiger partial charge in [0, 0.05) is 18.1 Å². The fourth-order valence-corrected chi connectivity index (χ4v) is 2.33. The maximum atomic E-state index is 11.2. The standard InChI is InChI=1S/C11H20O2S/c1-11(2,3)13-14-10-6-4-5-9(12)7-8-10/h10H,4-8H2,1-3H3. The van der Waals surface area contributed by atoms with Crippen molar-refractivity contribution in [3.05, 3.63) is 0 Å². The molecule has 0 aromatic heterocycles. The summed E-state index contributed by atoms with van der Waals surface area (Å²) in [4.78, 5) is 11.2. The van der Waals surface area contributed by atoms with Crippen LogP contribution in [0, 0.1) is 0 Å². The zero-order valence-electron chi connectivity index (χ0n) is 9.34. The first-order valence-corrected chi connectivity index (χ1v) is 6.14. The topological polar surface area (TPSA) is 26.3 Å². The summed E-state index contributed by atoms with van der Waals surface area (Å²) in [5.74, 6) is 0.420. The van der Waals surface area contributed by atoms with Crippen molar-refractivity contribution >= 4 is 17.8 Å². The van der Waals surface area contributed by atoms with Crippen molar-refractivity contribution in [3.63, 3.8) is 0 Å². The summed E-state index contributed by atoms with van der Waals surface area (Å²) in [5.41, 5.74) is -0.0824. The Morgan fingerprint density at radius 1 is 1.29 bits per heavy atom. The van der Waals surface area contributed by atoms with E-state index in [1.54, 1.807) is 12.0 Å². The van der Waals surface area contributed by atoms with E-state index in [0.717, 1.165) is 32.1 Å². The van der Waals surface area contributed by atoms with E-state index in [4.69, 9.17) is 4.18 Å². The number of hydrogen-bond acceptors (Lipinski definition) is 3. The minimum atomic E-state index is -0.0824. The van der Waals surface area contributed by atoms with Gasteiger partial charge in [-0.05, 0) is 52.1 Å². The lowest BCUT2D eigenvalue weighted by Crippen LogP contribution is -2.17. The second-order valence-electron chi connectivity index (χ2n) is 4.88. The Morgan fingerprint density at radius 2 is 2.00 bits per heavy atom. The number of rotatable bonds is 2. The van der Waals surface area contributed by atoms with E-state index in [-0.39, 0.29) is 5.60 Å². The first kappa shape index (κ1) is 12.1. The van der Waals surface area contributed by atoms with Crippen molar-refractivity contribution in [2.45, 2.75) is 63.7 Å². The van der Waals surface area contributed by atoms with Crippen LogP contribution in [0.5, 0.6) is 0 Å². The van der Waals surface area contributed by atoms with Gasteiger partial charge in [-0.3, -0.25) is 4.79 Å². The van der Waals surface area contributed by atoms with Gasteiger partial charge in [-0.1, -0.05) is 0 Å². The van der Waals surface area contributed by atoms with E-state index in [1.807, 2.05) is 0 Å². The van der Waals surface area contributed by atoms with Crippen LogP contribution >= 0.6 is 12.0 Å². The van der Waals surface area contributed by atoms with Crippen LogP contribution in [0.4, 0.5) is 0 Å².